The Hall–Kier alpha value is -1.35. The number of hydrogen-bond acceptors (Lipinski definition) is 2. The van der Waals surface area contributed by atoms with Gasteiger partial charge < -0.3 is 9.47 Å². The van der Waals surface area contributed by atoms with Crippen molar-refractivity contribution < 1.29 is 9.47 Å². The summed E-state index contributed by atoms with van der Waals surface area (Å²) >= 11 is 6.16. The van der Waals surface area contributed by atoms with Gasteiger partial charge in [-0.15, -0.1) is 0 Å². The quantitative estimate of drug-likeness (QED) is 0.808. The molecule has 0 saturated carbocycles. The predicted molar refractivity (Wildman–Crippen MR) is 70.4 cm³/mol. The van der Waals surface area contributed by atoms with Crippen molar-refractivity contribution >= 4 is 11.6 Å². The van der Waals surface area contributed by atoms with Crippen molar-refractivity contribution in [1.29, 1.82) is 0 Å². The van der Waals surface area contributed by atoms with Crippen molar-refractivity contribution in [3.8, 4) is 0 Å². The molecule has 3 heteroatoms. The summed E-state index contributed by atoms with van der Waals surface area (Å²) in [5.41, 5.74) is 2.02. The molecule has 18 heavy (non-hydrogen) atoms. The summed E-state index contributed by atoms with van der Waals surface area (Å²) < 4.78 is 11.6. The van der Waals surface area contributed by atoms with Crippen molar-refractivity contribution in [2.45, 2.75) is 12.4 Å². The fourth-order valence-electron chi connectivity index (χ4n) is 2.09. The van der Waals surface area contributed by atoms with Gasteiger partial charge in [-0.3, -0.25) is 0 Å². The number of rotatable bonds is 2. The van der Waals surface area contributed by atoms with Crippen LogP contribution in [-0.2, 0) is 9.47 Å². The van der Waals surface area contributed by atoms with E-state index < -0.39 is 0 Å². The van der Waals surface area contributed by atoms with Crippen LogP contribution in [0.2, 0.25) is 5.02 Å². The predicted octanol–water partition coefficient (Wildman–Crippen LogP) is 4.13. The van der Waals surface area contributed by atoms with Gasteiger partial charge in [-0.25, -0.2) is 0 Å². The van der Waals surface area contributed by atoms with Gasteiger partial charge in [0.1, 0.15) is 6.10 Å². The van der Waals surface area contributed by atoms with E-state index in [1.807, 2.05) is 54.6 Å². The SMILES string of the molecule is Clc1ccccc1C1COC(c2ccccc2)O1. The van der Waals surface area contributed by atoms with Crippen LogP contribution in [0.3, 0.4) is 0 Å². The van der Waals surface area contributed by atoms with Gasteiger partial charge in [0.2, 0.25) is 0 Å². The minimum atomic E-state index is -0.299. The number of benzene rings is 2. The molecule has 3 rings (SSSR count). The average molecular weight is 261 g/mol. The molecular formula is C15H13ClO2. The van der Waals surface area contributed by atoms with Gasteiger partial charge in [0.05, 0.1) is 6.61 Å². The first-order chi connectivity index (χ1) is 8.84. The van der Waals surface area contributed by atoms with Crippen molar-refractivity contribution in [3.63, 3.8) is 0 Å². The lowest BCUT2D eigenvalue weighted by Gasteiger charge is -2.12. The number of ether oxygens (including phenoxy) is 2. The lowest BCUT2D eigenvalue weighted by molar-refractivity contribution is -0.0607. The maximum Gasteiger partial charge on any atom is 0.184 e. The first kappa shape index (κ1) is 11.7. The molecule has 0 aromatic heterocycles. The lowest BCUT2D eigenvalue weighted by atomic mass is 10.1. The molecule has 0 N–H and O–H groups in total. The summed E-state index contributed by atoms with van der Waals surface area (Å²) in [7, 11) is 0. The van der Waals surface area contributed by atoms with E-state index in [0.29, 0.717) is 6.61 Å². The minimum Gasteiger partial charge on any atom is -0.345 e. The fraction of sp³-hybridized carbons (Fsp3) is 0.200. The summed E-state index contributed by atoms with van der Waals surface area (Å²) in [5, 5.41) is 0.722. The maximum absolute atomic E-state index is 6.16. The van der Waals surface area contributed by atoms with Crippen LogP contribution in [0.15, 0.2) is 54.6 Å². The molecule has 0 amide bonds. The summed E-state index contributed by atoms with van der Waals surface area (Å²) in [6.45, 7) is 0.531. The topological polar surface area (TPSA) is 18.5 Å². The molecule has 0 spiro atoms. The first-order valence-corrected chi connectivity index (χ1v) is 6.29. The van der Waals surface area contributed by atoms with Gasteiger partial charge >= 0.3 is 0 Å². The number of halogens is 1. The number of hydrogen-bond donors (Lipinski definition) is 0. The zero-order chi connectivity index (χ0) is 12.4. The molecule has 1 fully saturated rings. The van der Waals surface area contributed by atoms with Crippen LogP contribution in [0, 0.1) is 0 Å². The molecule has 1 aliphatic heterocycles. The maximum atomic E-state index is 6.16. The highest BCUT2D eigenvalue weighted by molar-refractivity contribution is 6.31. The summed E-state index contributed by atoms with van der Waals surface area (Å²) in [4.78, 5) is 0. The highest BCUT2D eigenvalue weighted by Gasteiger charge is 2.29. The van der Waals surface area contributed by atoms with Crippen molar-refractivity contribution in [3.05, 3.63) is 70.7 Å². The summed E-state index contributed by atoms with van der Waals surface area (Å²) in [6.07, 6.45) is -0.392. The van der Waals surface area contributed by atoms with Crippen LogP contribution < -0.4 is 0 Å². The van der Waals surface area contributed by atoms with E-state index in [-0.39, 0.29) is 12.4 Å². The largest absolute Gasteiger partial charge is 0.345 e. The lowest BCUT2D eigenvalue weighted by Crippen LogP contribution is -2.01. The molecule has 1 heterocycles. The molecule has 0 radical (unpaired) electrons. The highest BCUT2D eigenvalue weighted by Crippen LogP contribution is 2.37. The molecule has 0 bridgehead atoms. The molecule has 1 aliphatic rings. The third-order valence-electron chi connectivity index (χ3n) is 3.01. The average Bonchev–Trinajstić information content (AvgIpc) is 2.90. The Morgan fingerprint density at radius 1 is 0.944 bits per heavy atom. The molecule has 2 nitrogen and oxygen atoms in total. The van der Waals surface area contributed by atoms with Crippen molar-refractivity contribution in [2.24, 2.45) is 0 Å². The molecule has 2 unspecified atom stereocenters. The van der Waals surface area contributed by atoms with Gasteiger partial charge in [0, 0.05) is 16.1 Å². The van der Waals surface area contributed by atoms with E-state index in [1.54, 1.807) is 0 Å². The van der Waals surface area contributed by atoms with Crippen LogP contribution >= 0.6 is 11.6 Å². The van der Waals surface area contributed by atoms with Gasteiger partial charge in [-0.1, -0.05) is 60.1 Å². The molecule has 2 atom stereocenters. The van der Waals surface area contributed by atoms with E-state index in [9.17, 15) is 0 Å². The van der Waals surface area contributed by atoms with Crippen molar-refractivity contribution in [1.82, 2.24) is 0 Å². The Balaban J connectivity index is 1.78. The van der Waals surface area contributed by atoms with Crippen LogP contribution in [0.4, 0.5) is 0 Å². The third-order valence-corrected chi connectivity index (χ3v) is 3.35. The second-order valence-corrected chi connectivity index (χ2v) is 4.63. The standard InChI is InChI=1S/C15H13ClO2/c16-13-9-5-4-8-12(13)14-10-17-15(18-14)11-6-2-1-3-7-11/h1-9,14-15H,10H2. The zero-order valence-corrected chi connectivity index (χ0v) is 10.5. The molecule has 0 aliphatic carbocycles. The van der Waals surface area contributed by atoms with Gasteiger partial charge in [-0.2, -0.15) is 0 Å². The second kappa shape index (κ2) is 5.11. The van der Waals surface area contributed by atoms with Crippen LogP contribution in [0.1, 0.15) is 23.5 Å². The molecule has 1 saturated heterocycles. The molecule has 92 valence electrons. The Bertz CT molecular complexity index is 527. The van der Waals surface area contributed by atoms with Gasteiger partial charge in [0.25, 0.3) is 0 Å². The Morgan fingerprint density at radius 2 is 1.67 bits per heavy atom. The Kier molecular flexibility index (Phi) is 3.33. The smallest absolute Gasteiger partial charge is 0.184 e. The zero-order valence-electron chi connectivity index (χ0n) is 9.75. The molecule has 2 aromatic rings. The Labute approximate surface area is 111 Å². The minimum absolute atomic E-state index is 0.0936. The summed E-state index contributed by atoms with van der Waals surface area (Å²) in [6, 6.07) is 17.6. The van der Waals surface area contributed by atoms with Gasteiger partial charge in [0.15, 0.2) is 6.29 Å². The highest BCUT2D eigenvalue weighted by atomic mass is 35.5. The van der Waals surface area contributed by atoms with E-state index >= 15 is 0 Å². The van der Waals surface area contributed by atoms with Gasteiger partial charge in [-0.05, 0) is 6.07 Å². The van der Waals surface area contributed by atoms with E-state index in [4.69, 9.17) is 21.1 Å². The van der Waals surface area contributed by atoms with Crippen LogP contribution in [0.25, 0.3) is 0 Å². The molecule has 2 aromatic carbocycles. The Morgan fingerprint density at radius 3 is 2.44 bits per heavy atom. The van der Waals surface area contributed by atoms with E-state index in [0.717, 1.165) is 16.1 Å². The van der Waals surface area contributed by atoms with Crippen LogP contribution in [0.5, 0.6) is 0 Å². The molecular weight excluding hydrogens is 248 g/mol. The monoisotopic (exact) mass is 260 g/mol. The first-order valence-electron chi connectivity index (χ1n) is 5.91. The fourth-order valence-corrected chi connectivity index (χ4v) is 2.34. The third kappa shape index (κ3) is 2.27. The van der Waals surface area contributed by atoms with Crippen molar-refractivity contribution in [2.75, 3.05) is 6.61 Å². The van der Waals surface area contributed by atoms with E-state index in [2.05, 4.69) is 0 Å². The second-order valence-electron chi connectivity index (χ2n) is 4.22. The normalized spacial score (nSPS) is 23.2. The van der Waals surface area contributed by atoms with E-state index in [1.165, 1.54) is 0 Å². The summed E-state index contributed by atoms with van der Waals surface area (Å²) in [5.74, 6) is 0. The van der Waals surface area contributed by atoms with Crippen LogP contribution in [-0.4, -0.2) is 6.61 Å².